The van der Waals surface area contributed by atoms with E-state index in [0.29, 0.717) is 17.2 Å². The van der Waals surface area contributed by atoms with Gasteiger partial charge in [-0.2, -0.15) is 0 Å². The van der Waals surface area contributed by atoms with Crippen molar-refractivity contribution in [1.82, 2.24) is 10.5 Å². The summed E-state index contributed by atoms with van der Waals surface area (Å²) in [4.78, 5) is 22.3. The van der Waals surface area contributed by atoms with E-state index in [-0.39, 0.29) is 22.8 Å². The van der Waals surface area contributed by atoms with E-state index in [1.807, 2.05) is 0 Å². The number of benzene rings is 1. The lowest BCUT2D eigenvalue weighted by molar-refractivity contribution is -0.384. The number of nitro benzene ring substituents is 1. The van der Waals surface area contributed by atoms with E-state index in [4.69, 9.17) is 20.5 Å². The third-order valence-corrected chi connectivity index (χ3v) is 3.49. The number of hydrogen-bond acceptors (Lipinski definition) is 6. The van der Waals surface area contributed by atoms with E-state index >= 15 is 0 Å². The van der Waals surface area contributed by atoms with Crippen LogP contribution in [0.5, 0.6) is 0 Å². The Balaban J connectivity index is 1.70. The molecule has 8 nitrogen and oxygen atoms in total. The molecule has 0 radical (unpaired) electrons. The molecule has 0 fully saturated rings. The Kier molecular flexibility index (Phi) is 4.30. The van der Waals surface area contributed by atoms with E-state index in [2.05, 4.69) is 10.5 Å². The lowest BCUT2D eigenvalue weighted by atomic mass is 10.2. The Bertz CT molecular complexity index is 888. The lowest BCUT2D eigenvalue weighted by Gasteiger charge is -2.04. The average molecular weight is 348 g/mol. The van der Waals surface area contributed by atoms with Crippen molar-refractivity contribution < 1.29 is 18.7 Å². The number of nitrogens with zero attached hydrogens (tertiary/aromatic N) is 2. The second-order valence-electron chi connectivity index (χ2n) is 4.76. The first kappa shape index (κ1) is 15.8. The van der Waals surface area contributed by atoms with Crippen LogP contribution < -0.4 is 5.32 Å². The summed E-state index contributed by atoms with van der Waals surface area (Å²) in [6.07, 6.45) is 1.50. The monoisotopic (exact) mass is 347 g/mol. The molecule has 2 heterocycles. The first-order valence-electron chi connectivity index (χ1n) is 6.76. The van der Waals surface area contributed by atoms with Gasteiger partial charge in [-0.15, -0.1) is 0 Å². The van der Waals surface area contributed by atoms with E-state index < -0.39 is 10.8 Å². The zero-order valence-corrected chi connectivity index (χ0v) is 12.8. The van der Waals surface area contributed by atoms with Crippen molar-refractivity contribution in [3.8, 4) is 11.5 Å². The summed E-state index contributed by atoms with van der Waals surface area (Å²) in [5, 5.41) is 17.3. The van der Waals surface area contributed by atoms with Crippen molar-refractivity contribution in [1.29, 1.82) is 0 Å². The van der Waals surface area contributed by atoms with Gasteiger partial charge in [0.2, 0.25) is 5.76 Å². The summed E-state index contributed by atoms with van der Waals surface area (Å²) in [6, 6.07) is 8.70. The molecule has 3 rings (SSSR count). The molecule has 0 unspecified atom stereocenters. The molecule has 24 heavy (non-hydrogen) atoms. The molecule has 1 aromatic carbocycles. The summed E-state index contributed by atoms with van der Waals surface area (Å²) in [6.45, 7) is 0.0715. The number of nitrogens with one attached hydrogen (secondary N) is 1. The van der Waals surface area contributed by atoms with Gasteiger partial charge >= 0.3 is 0 Å². The molecule has 0 aliphatic carbocycles. The molecule has 1 amide bonds. The molecular formula is C15H10ClN3O5. The molecule has 0 bridgehead atoms. The summed E-state index contributed by atoms with van der Waals surface area (Å²) >= 11 is 5.92. The van der Waals surface area contributed by atoms with E-state index in [1.54, 1.807) is 18.2 Å². The van der Waals surface area contributed by atoms with Crippen molar-refractivity contribution in [2.24, 2.45) is 0 Å². The maximum atomic E-state index is 12.2. The third-order valence-electron chi connectivity index (χ3n) is 3.16. The van der Waals surface area contributed by atoms with E-state index in [0.717, 1.165) is 6.07 Å². The quantitative estimate of drug-likeness (QED) is 0.559. The van der Waals surface area contributed by atoms with Crippen LogP contribution >= 0.6 is 11.6 Å². The highest BCUT2D eigenvalue weighted by atomic mass is 35.5. The van der Waals surface area contributed by atoms with Gasteiger partial charge in [0.15, 0.2) is 5.76 Å². The summed E-state index contributed by atoms with van der Waals surface area (Å²) in [5.41, 5.74) is 0.267. The van der Waals surface area contributed by atoms with Gasteiger partial charge in [0.1, 0.15) is 5.69 Å². The molecule has 0 atom stereocenters. The van der Waals surface area contributed by atoms with Gasteiger partial charge in [-0.3, -0.25) is 14.9 Å². The van der Waals surface area contributed by atoms with Gasteiger partial charge in [-0.05, 0) is 18.2 Å². The Labute approximate surface area is 140 Å². The minimum absolute atomic E-state index is 0.0145. The number of carbonyl (C=O) groups excluding carboxylic acids is 1. The highest BCUT2D eigenvalue weighted by Gasteiger charge is 2.16. The maximum Gasteiger partial charge on any atom is 0.270 e. The van der Waals surface area contributed by atoms with Crippen molar-refractivity contribution in [2.45, 2.75) is 6.54 Å². The first-order valence-corrected chi connectivity index (χ1v) is 7.14. The Hall–Kier alpha value is -3.13. The van der Waals surface area contributed by atoms with Crippen molar-refractivity contribution in [2.75, 3.05) is 0 Å². The van der Waals surface area contributed by atoms with Gasteiger partial charge in [0.25, 0.3) is 11.6 Å². The zero-order valence-electron chi connectivity index (χ0n) is 12.1. The van der Waals surface area contributed by atoms with Crippen LogP contribution in [0.25, 0.3) is 11.5 Å². The maximum absolute atomic E-state index is 12.2. The van der Waals surface area contributed by atoms with Crippen LogP contribution in [0, 0.1) is 10.1 Å². The highest BCUT2D eigenvalue weighted by Crippen LogP contribution is 2.23. The molecule has 0 saturated heterocycles. The van der Waals surface area contributed by atoms with Crippen LogP contribution in [0.4, 0.5) is 5.69 Å². The molecule has 0 aliphatic heterocycles. The number of nitro groups is 1. The average Bonchev–Trinajstić information content (AvgIpc) is 3.24. The molecule has 9 heteroatoms. The SMILES string of the molecule is O=C(NCc1cc(-c2ccco2)on1)c1cc([N+](=O)[O-])ccc1Cl. The summed E-state index contributed by atoms with van der Waals surface area (Å²) < 4.78 is 10.3. The summed E-state index contributed by atoms with van der Waals surface area (Å²) in [5.74, 6) is 0.394. The Morgan fingerprint density at radius 3 is 2.83 bits per heavy atom. The largest absolute Gasteiger partial charge is 0.461 e. The second-order valence-corrected chi connectivity index (χ2v) is 5.17. The topological polar surface area (TPSA) is 111 Å². The van der Waals surface area contributed by atoms with Gasteiger partial charge in [0.05, 0.1) is 28.3 Å². The van der Waals surface area contributed by atoms with Crippen LogP contribution in [0.2, 0.25) is 5.02 Å². The van der Waals surface area contributed by atoms with Gasteiger partial charge in [-0.25, -0.2) is 0 Å². The third kappa shape index (κ3) is 3.28. The van der Waals surface area contributed by atoms with Crippen molar-refractivity contribution in [3.63, 3.8) is 0 Å². The van der Waals surface area contributed by atoms with Crippen molar-refractivity contribution in [3.05, 3.63) is 69.1 Å². The number of furan rings is 1. The number of rotatable bonds is 5. The predicted octanol–water partition coefficient (Wildman–Crippen LogP) is 3.43. The molecule has 3 aromatic rings. The standard InChI is InChI=1S/C15H10ClN3O5/c16-12-4-3-10(19(21)22)7-11(12)15(20)17-8-9-6-14(24-18-9)13-2-1-5-23-13/h1-7H,8H2,(H,17,20). The predicted molar refractivity (Wildman–Crippen MR) is 83.5 cm³/mol. The number of hydrogen-bond donors (Lipinski definition) is 1. The fraction of sp³-hybridized carbons (Fsp3) is 0.0667. The smallest absolute Gasteiger partial charge is 0.270 e. The minimum atomic E-state index is -0.597. The molecule has 1 N–H and O–H groups in total. The second kappa shape index (κ2) is 6.55. The molecule has 0 saturated carbocycles. The van der Waals surface area contributed by atoms with Crippen molar-refractivity contribution >= 4 is 23.2 Å². The van der Waals surface area contributed by atoms with Gasteiger partial charge in [-0.1, -0.05) is 16.8 Å². The summed E-state index contributed by atoms with van der Waals surface area (Å²) in [7, 11) is 0. The fourth-order valence-electron chi connectivity index (χ4n) is 2.00. The number of aromatic nitrogens is 1. The highest BCUT2D eigenvalue weighted by molar-refractivity contribution is 6.33. The van der Waals surface area contributed by atoms with Crippen LogP contribution in [0.3, 0.4) is 0 Å². The molecule has 0 aliphatic rings. The molecule has 0 spiro atoms. The Morgan fingerprint density at radius 1 is 1.29 bits per heavy atom. The number of carbonyl (C=O) groups is 1. The molecule has 122 valence electrons. The van der Waals surface area contributed by atoms with Crippen LogP contribution in [0.15, 0.2) is 51.6 Å². The molecule has 2 aromatic heterocycles. The van der Waals surface area contributed by atoms with Crippen LogP contribution in [-0.2, 0) is 6.54 Å². The Morgan fingerprint density at radius 2 is 2.12 bits per heavy atom. The fourth-order valence-corrected chi connectivity index (χ4v) is 2.20. The van der Waals surface area contributed by atoms with Gasteiger partial charge < -0.3 is 14.3 Å². The normalized spacial score (nSPS) is 10.5. The van der Waals surface area contributed by atoms with E-state index in [9.17, 15) is 14.9 Å². The first-order chi connectivity index (χ1) is 11.5. The van der Waals surface area contributed by atoms with E-state index in [1.165, 1.54) is 18.4 Å². The van der Waals surface area contributed by atoms with Gasteiger partial charge in [0, 0.05) is 18.2 Å². The minimum Gasteiger partial charge on any atom is -0.461 e. The number of amides is 1. The molecular weight excluding hydrogens is 338 g/mol. The van der Waals surface area contributed by atoms with Crippen LogP contribution in [-0.4, -0.2) is 16.0 Å². The number of non-ortho nitro benzene ring substituents is 1. The zero-order chi connectivity index (χ0) is 17.1. The van der Waals surface area contributed by atoms with Crippen LogP contribution in [0.1, 0.15) is 16.1 Å². The lowest BCUT2D eigenvalue weighted by Crippen LogP contribution is -2.23. The number of halogens is 1.